The smallest absolute Gasteiger partial charge is 0.251 e. The lowest BCUT2D eigenvalue weighted by molar-refractivity contribution is 0.0939. The van der Waals surface area contributed by atoms with Crippen LogP contribution >= 0.6 is 11.3 Å². The van der Waals surface area contributed by atoms with E-state index in [0.717, 1.165) is 27.6 Å². The van der Waals surface area contributed by atoms with Crippen molar-refractivity contribution in [2.24, 2.45) is 0 Å². The van der Waals surface area contributed by atoms with Crippen molar-refractivity contribution in [1.29, 1.82) is 0 Å². The van der Waals surface area contributed by atoms with Crippen LogP contribution < -0.4 is 10.1 Å². The number of carbonyl (C=O) groups excluding carboxylic acids is 1. The predicted molar refractivity (Wildman–Crippen MR) is 114 cm³/mol. The largest absolute Gasteiger partial charge is 0.497 e. The molecule has 0 saturated carbocycles. The molecule has 152 valence electrons. The Morgan fingerprint density at radius 1 is 1.20 bits per heavy atom. The van der Waals surface area contributed by atoms with Gasteiger partial charge in [0.15, 0.2) is 0 Å². The second-order valence-corrected chi connectivity index (χ2v) is 7.80. The van der Waals surface area contributed by atoms with Crippen molar-refractivity contribution in [3.8, 4) is 22.6 Å². The quantitative estimate of drug-likeness (QED) is 0.512. The molecule has 2 aromatic carbocycles. The number of benzene rings is 2. The fourth-order valence-corrected chi connectivity index (χ4v) is 3.76. The molecule has 30 heavy (non-hydrogen) atoms. The first-order chi connectivity index (χ1) is 14.5. The molecule has 1 amide bonds. The molecule has 1 unspecified atom stereocenters. The van der Waals surface area contributed by atoms with Crippen LogP contribution in [0.15, 0.2) is 54.2 Å². The number of aromatic nitrogens is 5. The summed E-state index contributed by atoms with van der Waals surface area (Å²) in [6.07, 6.45) is 1.49. The predicted octanol–water partition coefficient (Wildman–Crippen LogP) is 3.59. The lowest BCUT2D eigenvalue weighted by atomic mass is 10.0. The van der Waals surface area contributed by atoms with Crippen LogP contribution in [0.1, 0.15) is 34.0 Å². The van der Waals surface area contributed by atoms with E-state index in [1.807, 2.05) is 55.6 Å². The number of amides is 1. The molecule has 1 N–H and O–H groups in total. The van der Waals surface area contributed by atoms with E-state index in [1.54, 1.807) is 24.5 Å². The fourth-order valence-electron chi connectivity index (χ4n) is 3.06. The molecular weight excluding hydrogens is 400 g/mol. The first-order valence-electron chi connectivity index (χ1n) is 9.29. The van der Waals surface area contributed by atoms with Crippen LogP contribution in [0.3, 0.4) is 0 Å². The van der Waals surface area contributed by atoms with Crippen molar-refractivity contribution < 1.29 is 9.53 Å². The third kappa shape index (κ3) is 4.20. The maximum absolute atomic E-state index is 13.0. The molecule has 0 radical (unpaired) electrons. The highest BCUT2D eigenvalue weighted by Crippen LogP contribution is 2.27. The molecule has 8 nitrogen and oxygen atoms in total. The van der Waals surface area contributed by atoms with Gasteiger partial charge in [-0.15, -0.1) is 16.4 Å². The number of rotatable bonds is 6. The van der Waals surface area contributed by atoms with Crippen LogP contribution in [0.4, 0.5) is 0 Å². The number of nitrogens with zero attached hydrogens (tertiary/aromatic N) is 5. The minimum Gasteiger partial charge on any atom is -0.497 e. The molecule has 0 spiro atoms. The van der Waals surface area contributed by atoms with Gasteiger partial charge >= 0.3 is 0 Å². The van der Waals surface area contributed by atoms with Crippen molar-refractivity contribution in [1.82, 2.24) is 30.5 Å². The monoisotopic (exact) mass is 420 g/mol. The maximum Gasteiger partial charge on any atom is 0.251 e. The Bertz CT molecular complexity index is 1170. The number of hydrogen-bond acceptors (Lipinski definition) is 7. The lowest BCUT2D eigenvalue weighted by Crippen LogP contribution is -2.27. The summed E-state index contributed by atoms with van der Waals surface area (Å²) < 4.78 is 6.86. The molecule has 4 aromatic rings. The van der Waals surface area contributed by atoms with Gasteiger partial charge in [-0.05, 0) is 65.7 Å². The molecule has 2 heterocycles. The van der Waals surface area contributed by atoms with Crippen LogP contribution in [0.5, 0.6) is 5.75 Å². The van der Waals surface area contributed by atoms with Gasteiger partial charge in [0, 0.05) is 10.9 Å². The van der Waals surface area contributed by atoms with Crippen molar-refractivity contribution in [3.05, 3.63) is 70.4 Å². The molecule has 9 heteroatoms. The molecule has 0 fully saturated rings. The van der Waals surface area contributed by atoms with Gasteiger partial charge in [-0.25, -0.2) is 9.67 Å². The second kappa shape index (κ2) is 8.42. The summed E-state index contributed by atoms with van der Waals surface area (Å²) in [5.41, 5.74) is 3.79. The summed E-state index contributed by atoms with van der Waals surface area (Å²) in [6, 6.07) is 13.0. The van der Waals surface area contributed by atoms with E-state index in [-0.39, 0.29) is 11.9 Å². The summed E-state index contributed by atoms with van der Waals surface area (Å²) in [5.74, 6) is 0.533. The topological polar surface area (TPSA) is 94.8 Å². The van der Waals surface area contributed by atoms with Crippen LogP contribution in [0.2, 0.25) is 0 Å². The Morgan fingerprint density at radius 2 is 2.07 bits per heavy atom. The summed E-state index contributed by atoms with van der Waals surface area (Å²) in [6.45, 7) is 3.86. The number of aryl methyl sites for hydroxylation is 1. The van der Waals surface area contributed by atoms with Gasteiger partial charge in [0.1, 0.15) is 12.1 Å². The van der Waals surface area contributed by atoms with Gasteiger partial charge in [0.25, 0.3) is 5.91 Å². The number of ether oxygens (including phenoxy) is 1. The molecule has 0 aliphatic carbocycles. The second-order valence-electron chi connectivity index (χ2n) is 6.74. The van der Waals surface area contributed by atoms with Gasteiger partial charge in [0.05, 0.1) is 29.5 Å². The summed E-state index contributed by atoms with van der Waals surface area (Å²) in [4.78, 5) is 17.5. The van der Waals surface area contributed by atoms with Crippen molar-refractivity contribution >= 4 is 17.2 Å². The average Bonchev–Trinajstić information content (AvgIpc) is 3.45. The molecule has 0 aliphatic rings. The standard InChI is InChI=1S/C21H20N6O2S/c1-13(20-11-30-14(2)24-20)23-21(28)17-7-16(15-5-4-6-19(10-15)29-3)8-18(9-17)27-12-22-25-26-27/h4-13H,1-3H3,(H,23,28). The SMILES string of the molecule is COc1cccc(-c2cc(C(=O)NC(C)c3csc(C)n3)cc(-n3cnnn3)c2)c1. The summed E-state index contributed by atoms with van der Waals surface area (Å²) in [5, 5.41) is 17.3. The minimum absolute atomic E-state index is 0.202. The van der Waals surface area contributed by atoms with E-state index in [2.05, 4.69) is 25.8 Å². The first kappa shape index (κ1) is 19.7. The fraction of sp³-hybridized carbons (Fsp3) is 0.190. The Morgan fingerprint density at radius 3 is 2.77 bits per heavy atom. The Balaban J connectivity index is 1.71. The van der Waals surface area contributed by atoms with Crippen LogP contribution in [0.25, 0.3) is 16.8 Å². The number of thiazole rings is 1. The first-order valence-corrected chi connectivity index (χ1v) is 10.2. The lowest BCUT2D eigenvalue weighted by Gasteiger charge is -2.14. The van der Waals surface area contributed by atoms with Gasteiger partial charge < -0.3 is 10.1 Å². The maximum atomic E-state index is 13.0. The third-order valence-corrected chi connectivity index (χ3v) is 5.42. The Kier molecular flexibility index (Phi) is 5.53. The van der Waals surface area contributed by atoms with Crippen molar-refractivity contribution in [2.45, 2.75) is 19.9 Å². The summed E-state index contributed by atoms with van der Waals surface area (Å²) >= 11 is 1.56. The number of hydrogen-bond donors (Lipinski definition) is 1. The zero-order valence-electron chi connectivity index (χ0n) is 16.7. The van der Waals surface area contributed by atoms with E-state index < -0.39 is 0 Å². The third-order valence-electron chi connectivity index (χ3n) is 4.62. The Labute approximate surface area is 177 Å². The van der Waals surface area contributed by atoms with Crippen LogP contribution in [-0.2, 0) is 0 Å². The highest BCUT2D eigenvalue weighted by atomic mass is 32.1. The Hall–Kier alpha value is -3.59. The molecule has 4 rings (SSSR count). The number of nitrogens with one attached hydrogen (secondary N) is 1. The molecule has 0 saturated heterocycles. The highest BCUT2D eigenvalue weighted by molar-refractivity contribution is 7.09. The van der Waals surface area contributed by atoms with Gasteiger partial charge in [-0.3, -0.25) is 4.79 Å². The zero-order valence-corrected chi connectivity index (χ0v) is 17.6. The van der Waals surface area contributed by atoms with Crippen molar-refractivity contribution in [3.63, 3.8) is 0 Å². The number of carbonyl (C=O) groups is 1. The molecule has 1 atom stereocenters. The molecule has 0 bridgehead atoms. The highest BCUT2D eigenvalue weighted by Gasteiger charge is 2.16. The van der Waals surface area contributed by atoms with Crippen LogP contribution in [0, 0.1) is 6.92 Å². The molecule has 0 aliphatic heterocycles. The molecular formula is C21H20N6O2S. The molecule has 2 aromatic heterocycles. The van der Waals surface area contributed by atoms with E-state index in [9.17, 15) is 4.79 Å². The van der Waals surface area contributed by atoms with E-state index in [4.69, 9.17) is 4.74 Å². The van der Waals surface area contributed by atoms with Gasteiger partial charge in [-0.1, -0.05) is 12.1 Å². The van der Waals surface area contributed by atoms with E-state index in [1.165, 1.54) is 11.0 Å². The van der Waals surface area contributed by atoms with Gasteiger partial charge in [-0.2, -0.15) is 0 Å². The van der Waals surface area contributed by atoms with E-state index in [0.29, 0.717) is 11.3 Å². The van der Waals surface area contributed by atoms with Crippen LogP contribution in [-0.4, -0.2) is 38.2 Å². The van der Waals surface area contributed by atoms with Gasteiger partial charge in [0.2, 0.25) is 0 Å². The van der Waals surface area contributed by atoms with Crippen molar-refractivity contribution in [2.75, 3.05) is 7.11 Å². The minimum atomic E-state index is -0.209. The average molecular weight is 420 g/mol. The zero-order chi connectivity index (χ0) is 21.1. The number of tetrazole rings is 1. The van der Waals surface area contributed by atoms with E-state index >= 15 is 0 Å². The number of methoxy groups -OCH3 is 1. The summed E-state index contributed by atoms with van der Waals surface area (Å²) in [7, 11) is 1.62. The normalized spacial score (nSPS) is 11.8.